The van der Waals surface area contributed by atoms with Crippen molar-refractivity contribution < 1.29 is 14.3 Å². The van der Waals surface area contributed by atoms with Crippen LogP contribution in [0.3, 0.4) is 0 Å². The summed E-state index contributed by atoms with van der Waals surface area (Å²) in [5.41, 5.74) is 2.33. The molecule has 1 amide bonds. The lowest BCUT2D eigenvalue weighted by Gasteiger charge is -2.13. The van der Waals surface area contributed by atoms with E-state index in [9.17, 15) is 4.79 Å². The molecule has 9 heteroatoms. The Morgan fingerprint density at radius 3 is 2.54 bits per heavy atom. The first kappa shape index (κ1) is 26.1. The molecule has 0 fully saturated rings. The quantitative estimate of drug-likeness (QED) is 0.164. The Hall–Kier alpha value is -3.56. The van der Waals surface area contributed by atoms with Crippen molar-refractivity contribution in [3.63, 3.8) is 0 Å². The normalized spacial score (nSPS) is 11.0. The Labute approximate surface area is 210 Å². The van der Waals surface area contributed by atoms with Crippen molar-refractivity contribution in [1.82, 2.24) is 9.97 Å². The molecule has 0 unspecified atom stereocenters. The lowest BCUT2D eigenvalue weighted by atomic mass is 10.2. The van der Waals surface area contributed by atoms with Crippen LogP contribution in [0.4, 0.5) is 28.8 Å². The number of thioether (sulfide) groups is 1. The highest BCUT2D eigenvalue weighted by Gasteiger charge is 2.09. The van der Waals surface area contributed by atoms with Crippen LogP contribution in [-0.2, 0) is 9.53 Å². The summed E-state index contributed by atoms with van der Waals surface area (Å²) < 4.78 is 10.6. The van der Waals surface area contributed by atoms with Gasteiger partial charge in [-0.2, -0.15) is 4.98 Å². The summed E-state index contributed by atoms with van der Waals surface area (Å²) in [5, 5.41) is 9.44. The third-order valence-electron chi connectivity index (χ3n) is 4.67. The molecule has 8 nitrogen and oxygen atoms in total. The maximum absolute atomic E-state index is 12.1. The Bertz CT molecular complexity index is 1140. The molecule has 0 atom stereocenters. The number of anilines is 5. The van der Waals surface area contributed by atoms with Gasteiger partial charge in [-0.15, -0.1) is 11.8 Å². The van der Waals surface area contributed by atoms with Gasteiger partial charge in [0.1, 0.15) is 18.2 Å². The van der Waals surface area contributed by atoms with E-state index in [4.69, 9.17) is 9.47 Å². The Morgan fingerprint density at radius 2 is 1.83 bits per heavy atom. The van der Waals surface area contributed by atoms with Gasteiger partial charge in [0.05, 0.1) is 11.5 Å². The molecule has 0 aliphatic rings. The van der Waals surface area contributed by atoms with Crippen LogP contribution in [0.25, 0.3) is 0 Å². The topological polar surface area (TPSA) is 97.4 Å². The largest absolute Gasteiger partial charge is 0.491 e. The van der Waals surface area contributed by atoms with Crippen molar-refractivity contribution in [2.24, 2.45) is 5.92 Å². The minimum absolute atomic E-state index is 0.163. The zero-order valence-electron chi connectivity index (χ0n) is 20.4. The number of hydrogen-bond acceptors (Lipinski definition) is 8. The number of hydrogen-bond donors (Lipinski definition) is 3. The zero-order chi connectivity index (χ0) is 25.0. The highest BCUT2D eigenvalue weighted by atomic mass is 32.2. The van der Waals surface area contributed by atoms with E-state index in [1.807, 2.05) is 74.7 Å². The number of methoxy groups -OCH3 is 1. The van der Waals surface area contributed by atoms with Gasteiger partial charge in [0.15, 0.2) is 0 Å². The summed E-state index contributed by atoms with van der Waals surface area (Å²) in [4.78, 5) is 22.1. The Kier molecular flexibility index (Phi) is 9.94. The standard InChI is InChI=1S/C26H31N5O3S/c1-18(2)8-13-24(32)28-20-6-5-7-21(16-20)29-25-23(35-4)17-27-26(31-25)30-19-9-11-22(12-10-19)34-15-14-33-3/h5-13,16-18H,14-15H2,1-4H3,(H,28,32)(H2,27,29,30,31)/b13-8+. The smallest absolute Gasteiger partial charge is 0.248 e. The molecule has 0 radical (unpaired) electrons. The van der Waals surface area contributed by atoms with E-state index in [1.165, 1.54) is 0 Å². The average Bonchev–Trinajstić information content (AvgIpc) is 2.84. The first-order chi connectivity index (χ1) is 17.0. The fourth-order valence-electron chi connectivity index (χ4n) is 2.95. The molecule has 0 aliphatic heterocycles. The first-order valence-corrected chi connectivity index (χ1v) is 12.5. The van der Waals surface area contributed by atoms with Crippen molar-refractivity contribution >= 4 is 46.5 Å². The van der Waals surface area contributed by atoms with Crippen LogP contribution in [0, 0.1) is 5.92 Å². The van der Waals surface area contributed by atoms with Crippen LogP contribution < -0.4 is 20.7 Å². The predicted octanol–water partition coefficient (Wildman–Crippen LogP) is 5.86. The molecule has 0 spiro atoms. The molecule has 3 rings (SSSR count). The van der Waals surface area contributed by atoms with Gasteiger partial charge in [-0.05, 0) is 60.7 Å². The zero-order valence-corrected chi connectivity index (χ0v) is 21.2. The van der Waals surface area contributed by atoms with Crippen LogP contribution in [0.5, 0.6) is 5.75 Å². The molecule has 0 saturated carbocycles. The van der Waals surface area contributed by atoms with E-state index in [0.29, 0.717) is 36.6 Å². The molecule has 184 valence electrons. The molecule has 0 aliphatic carbocycles. The third kappa shape index (κ3) is 8.62. The summed E-state index contributed by atoms with van der Waals surface area (Å²) in [6.07, 6.45) is 7.15. The molecule has 3 N–H and O–H groups in total. The molecule has 2 aromatic carbocycles. The molecule has 1 heterocycles. The second-order valence-corrected chi connectivity index (χ2v) is 8.75. The van der Waals surface area contributed by atoms with Crippen LogP contribution in [0.15, 0.2) is 71.8 Å². The van der Waals surface area contributed by atoms with Crippen molar-refractivity contribution in [2.75, 3.05) is 42.5 Å². The highest BCUT2D eigenvalue weighted by molar-refractivity contribution is 7.98. The highest BCUT2D eigenvalue weighted by Crippen LogP contribution is 2.28. The van der Waals surface area contributed by atoms with E-state index in [0.717, 1.165) is 22.0 Å². The van der Waals surface area contributed by atoms with Crippen LogP contribution in [0.2, 0.25) is 0 Å². The number of carbonyl (C=O) groups excluding carboxylic acids is 1. The maximum Gasteiger partial charge on any atom is 0.248 e. The van der Waals surface area contributed by atoms with E-state index in [-0.39, 0.29) is 5.91 Å². The molecule has 0 saturated heterocycles. The lowest BCUT2D eigenvalue weighted by Crippen LogP contribution is -2.08. The van der Waals surface area contributed by atoms with Gasteiger partial charge >= 0.3 is 0 Å². The number of nitrogens with one attached hydrogen (secondary N) is 3. The molecular formula is C26H31N5O3S. The van der Waals surface area contributed by atoms with Crippen molar-refractivity contribution in [2.45, 2.75) is 18.7 Å². The van der Waals surface area contributed by atoms with E-state index in [1.54, 1.807) is 31.1 Å². The van der Waals surface area contributed by atoms with Crippen molar-refractivity contribution in [1.29, 1.82) is 0 Å². The molecular weight excluding hydrogens is 462 g/mol. The van der Waals surface area contributed by atoms with Gasteiger partial charge in [0.25, 0.3) is 0 Å². The average molecular weight is 494 g/mol. The second-order valence-electron chi connectivity index (χ2n) is 7.90. The minimum Gasteiger partial charge on any atom is -0.491 e. The van der Waals surface area contributed by atoms with E-state index < -0.39 is 0 Å². The number of rotatable bonds is 12. The fourth-order valence-corrected chi connectivity index (χ4v) is 3.40. The van der Waals surface area contributed by atoms with Crippen LogP contribution in [-0.4, -0.2) is 42.5 Å². The second kappa shape index (κ2) is 13.4. The van der Waals surface area contributed by atoms with E-state index in [2.05, 4.69) is 25.9 Å². The Balaban J connectivity index is 1.69. The monoisotopic (exact) mass is 493 g/mol. The van der Waals surface area contributed by atoms with Crippen LogP contribution >= 0.6 is 11.8 Å². The molecule has 0 bridgehead atoms. The van der Waals surface area contributed by atoms with Crippen molar-refractivity contribution in [3.05, 3.63) is 66.9 Å². The summed E-state index contributed by atoms with van der Waals surface area (Å²) in [5.74, 6) is 2.04. The molecule has 35 heavy (non-hydrogen) atoms. The SMILES string of the molecule is COCCOc1ccc(Nc2ncc(SC)c(Nc3cccc(NC(=O)/C=C/C(C)C)c3)n2)cc1. The number of carbonyl (C=O) groups is 1. The van der Waals surface area contributed by atoms with Gasteiger partial charge in [-0.25, -0.2) is 4.98 Å². The number of amides is 1. The summed E-state index contributed by atoms with van der Waals surface area (Å²) in [6.45, 7) is 5.08. The number of nitrogens with zero attached hydrogens (tertiary/aromatic N) is 2. The van der Waals surface area contributed by atoms with Gasteiger partial charge in [-0.1, -0.05) is 26.0 Å². The number of allylic oxidation sites excluding steroid dienone is 1. The number of benzene rings is 2. The Morgan fingerprint density at radius 1 is 1.06 bits per heavy atom. The molecule has 1 aromatic heterocycles. The van der Waals surface area contributed by atoms with Gasteiger partial charge in [0.2, 0.25) is 11.9 Å². The summed E-state index contributed by atoms with van der Waals surface area (Å²) >= 11 is 1.54. The van der Waals surface area contributed by atoms with Gasteiger partial charge in [0, 0.05) is 30.4 Å². The van der Waals surface area contributed by atoms with E-state index >= 15 is 0 Å². The number of ether oxygens (including phenoxy) is 2. The lowest BCUT2D eigenvalue weighted by molar-refractivity contribution is -0.111. The summed E-state index contributed by atoms with van der Waals surface area (Å²) in [7, 11) is 1.64. The van der Waals surface area contributed by atoms with Crippen molar-refractivity contribution in [3.8, 4) is 5.75 Å². The van der Waals surface area contributed by atoms with Gasteiger partial charge < -0.3 is 25.4 Å². The predicted molar refractivity (Wildman–Crippen MR) is 143 cm³/mol. The number of aromatic nitrogens is 2. The minimum atomic E-state index is -0.163. The van der Waals surface area contributed by atoms with Gasteiger partial charge in [-0.3, -0.25) is 4.79 Å². The first-order valence-electron chi connectivity index (χ1n) is 11.2. The maximum atomic E-state index is 12.1. The molecule has 3 aromatic rings. The summed E-state index contributed by atoms with van der Waals surface area (Å²) in [6, 6.07) is 15.1. The fraction of sp³-hybridized carbons (Fsp3) is 0.269. The third-order valence-corrected chi connectivity index (χ3v) is 5.41. The van der Waals surface area contributed by atoms with Crippen LogP contribution in [0.1, 0.15) is 13.8 Å².